The first-order chi connectivity index (χ1) is 12.5. The van der Waals surface area contributed by atoms with Crippen molar-refractivity contribution in [2.75, 3.05) is 17.7 Å². The lowest BCUT2D eigenvalue weighted by Gasteiger charge is -2.09. The lowest BCUT2D eigenvalue weighted by atomic mass is 10.2. The van der Waals surface area contributed by atoms with E-state index >= 15 is 0 Å². The van der Waals surface area contributed by atoms with Gasteiger partial charge in [-0.3, -0.25) is 4.68 Å². The van der Waals surface area contributed by atoms with Crippen molar-refractivity contribution in [2.45, 2.75) is 6.54 Å². The first-order valence-corrected chi connectivity index (χ1v) is 8.90. The molecule has 0 atom stereocenters. The molecular formula is C18H16Cl2N4OS. The molecule has 134 valence electrons. The average molecular weight is 407 g/mol. The number of thiocarbonyl (C=S) groups is 1. The monoisotopic (exact) mass is 406 g/mol. The maximum absolute atomic E-state index is 6.25. The predicted molar refractivity (Wildman–Crippen MR) is 111 cm³/mol. The topological polar surface area (TPSA) is 51.1 Å². The zero-order chi connectivity index (χ0) is 18.5. The van der Waals surface area contributed by atoms with E-state index < -0.39 is 0 Å². The van der Waals surface area contributed by atoms with Crippen molar-refractivity contribution >= 4 is 52.0 Å². The van der Waals surface area contributed by atoms with Gasteiger partial charge in [-0.15, -0.1) is 0 Å². The maximum atomic E-state index is 6.25. The number of aromatic nitrogens is 2. The fraction of sp³-hybridized carbons (Fsp3) is 0.111. The second-order valence-electron chi connectivity index (χ2n) is 5.42. The lowest BCUT2D eigenvalue weighted by Crippen LogP contribution is -2.19. The quantitative estimate of drug-likeness (QED) is 0.580. The van der Waals surface area contributed by atoms with E-state index in [0.717, 1.165) is 17.0 Å². The van der Waals surface area contributed by atoms with Gasteiger partial charge < -0.3 is 15.4 Å². The Balaban J connectivity index is 1.65. The summed E-state index contributed by atoms with van der Waals surface area (Å²) in [6, 6.07) is 15.0. The molecule has 26 heavy (non-hydrogen) atoms. The molecular weight excluding hydrogens is 391 g/mol. The SMILES string of the molecule is COc1ccc(NC(=S)Nc2nn(Cc3ccccc3Cl)cc2Cl)cc1. The smallest absolute Gasteiger partial charge is 0.176 e. The van der Waals surface area contributed by atoms with Crippen LogP contribution in [0.25, 0.3) is 0 Å². The van der Waals surface area contributed by atoms with Gasteiger partial charge in [-0.2, -0.15) is 5.10 Å². The van der Waals surface area contributed by atoms with Gasteiger partial charge >= 0.3 is 0 Å². The highest BCUT2D eigenvalue weighted by Crippen LogP contribution is 2.22. The van der Waals surface area contributed by atoms with Crippen LogP contribution in [0.2, 0.25) is 10.0 Å². The number of methoxy groups -OCH3 is 1. The van der Waals surface area contributed by atoms with Gasteiger partial charge in [0, 0.05) is 16.9 Å². The third-order valence-electron chi connectivity index (χ3n) is 3.59. The molecule has 0 radical (unpaired) electrons. The van der Waals surface area contributed by atoms with E-state index in [1.54, 1.807) is 18.0 Å². The Labute approximate surface area is 166 Å². The van der Waals surface area contributed by atoms with Crippen LogP contribution in [0.4, 0.5) is 11.5 Å². The molecule has 1 heterocycles. The zero-order valence-corrected chi connectivity index (χ0v) is 16.2. The van der Waals surface area contributed by atoms with Gasteiger partial charge in [-0.25, -0.2) is 0 Å². The molecule has 8 heteroatoms. The Morgan fingerprint density at radius 3 is 2.50 bits per heavy atom. The van der Waals surface area contributed by atoms with Crippen molar-refractivity contribution in [2.24, 2.45) is 0 Å². The summed E-state index contributed by atoms with van der Waals surface area (Å²) < 4.78 is 6.84. The van der Waals surface area contributed by atoms with Crippen LogP contribution < -0.4 is 15.4 Å². The Morgan fingerprint density at radius 2 is 1.81 bits per heavy atom. The highest BCUT2D eigenvalue weighted by molar-refractivity contribution is 7.80. The second kappa shape index (κ2) is 8.40. The largest absolute Gasteiger partial charge is 0.497 e. The highest BCUT2D eigenvalue weighted by atomic mass is 35.5. The van der Waals surface area contributed by atoms with Gasteiger partial charge in [-0.1, -0.05) is 41.4 Å². The molecule has 0 unspecified atom stereocenters. The van der Waals surface area contributed by atoms with E-state index in [0.29, 0.717) is 27.5 Å². The van der Waals surface area contributed by atoms with Crippen molar-refractivity contribution in [3.63, 3.8) is 0 Å². The number of hydrogen-bond donors (Lipinski definition) is 2. The Bertz CT molecular complexity index is 912. The fourth-order valence-corrected chi connectivity index (χ4v) is 2.92. The van der Waals surface area contributed by atoms with Gasteiger partial charge in [0.15, 0.2) is 10.9 Å². The van der Waals surface area contributed by atoms with Crippen molar-refractivity contribution in [3.8, 4) is 5.75 Å². The molecule has 0 spiro atoms. The second-order valence-corrected chi connectivity index (χ2v) is 6.64. The minimum atomic E-state index is 0.389. The number of nitrogens with zero attached hydrogens (tertiary/aromatic N) is 2. The van der Waals surface area contributed by atoms with E-state index in [-0.39, 0.29) is 0 Å². The molecule has 0 bridgehead atoms. The van der Waals surface area contributed by atoms with Crippen molar-refractivity contribution < 1.29 is 4.74 Å². The molecule has 2 N–H and O–H groups in total. The van der Waals surface area contributed by atoms with Crippen molar-refractivity contribution in [1.82, 2.24) is 9.78 Å². The first kappa shape index (κ1) is 18.5. The van der Waals surface area contributed by atoms with E-state index in [4.69, 9.17) is 40.2 Å². The number of nitrogens with one attached hydrogen (secondary N) is 2. The third-order valence-corrected chi connectivity index (χ3v) is 4.44. The summed E-state index contributed by atoms with van der Waals surface area (Å²) in [5, 5.41) is 12.0. The minimum absolute atomic E-state index is 0.389. The van der Waals surface area contributed by atoms with Crippen LogP contribution >= 0.6 is 35.4 Å². The summed E-state index contributed by atoms with van der Waals surface area (Å²) in [4.78, 5) is 0. The summed E-state index contributed by atoms with van der Waals surface area (Å²) in [6.45, 7) is 0.514. The molecule has 2 aromatic carbocycles. The Morgan fingerprint density at radius 1 is 1.08 bits per heavy atom. The number of halogens is 2. The van der Waals surface area contributed by atoms with Crippen LogP contribution in [-0.2, 0) is 6.54 Å². The molecule has 0 saturated carbocycles. The van der Waals surface area contributed by atoms with Gasteiger partial charge in [-0.05, 0) is 48.1 Å². The van der Waals surface area contributed by atoms with E-state index in [1.807, 2.05) is 48.5 Å². The highest BCUT2D eigenvalue weighted by Gasteiger charge is 2.10. The molecule has 0 fully saturated rings. The minimum Gasteiger partial charge on any atom is -0.497 e. The van der Waals surface area contributed by atoms with Crippen LogP contribution in [0.5, 0.6) is 5.75 Å². The molecule has 0 amide bonds. The molecule has 3 rings (SSSR count). The average Bonchev–Trinajstić information content (AvgIpc) is 2.96. The zero-order valence-electron chi connectivity index (χ0n) is 13.9. The number of hydrogen-bond acceptors (Lipinski definition) is 3. The molecule has 3 aromatic rings. The maximum Gasteiger partial charge on any atom is 0.176 e. The van der Waals surface area contributed by atoms with Gasteiger partial charge in [0.25, 0.3) is 0 Å². The van der Waals surface area contributed by atoms with Crippen LogP contribution in [0, 0.1) is 0 Å². The van der Waals surface area contributed by atoms with Crippen LogP contribution in [-0.4, -0.2) is 22.0 Å². The van der Waals surface area contributed by atoms with Gasteiger partial charge in [0.1, 0.15) is 10.8 Å². The summed E-state index contributed by atoms with van der Waals surface area (Å²) in [5.74, 6) is 1.25. The van der Waals surface area contributed by atoms with Crippen molar-refractivity contribution in [3.05, 3.63) is 70.3 Å². The Kier molecular flexibility index (Phi) is 5.98. The van der Waals surface area contributed by atoms with Crippen LogP contribution in [0.3, 0.4) is 0 Å². The van der Waals surface area contributed by atoms with Crippen LogP contribution in [0.1, 0.15) is 5.56 Å². The van der Waals surface area contributed by atoms with E-state index in [9.17, 15) is 0 Å². The van der Waals surface area contributed by atoms with E-state index in [1.165, 1.54) is 0 Å². The summed E-state index contributed by atoms with van der Waals surface area (Å²) >= 11 is 17.8. The molecule has 0 saturated heterocycles. The first-order valence-electron chi connectivity index (χ1n) is 7.73. The van der Waals surface area contributed by atoms with Gasteiger partial charge in [0.05, 0.1) is 13.7 Å². The number of rotatable bonds is 5. The molecule has 0 aliphatic carbocycles. The lowest BCUT2D eigenvalue weighted by molar-refractivity contribution is 0.415. The van der Waals surface area contributed by atoms with Crippen molar-refractivity contribution in [1.29, 1.82) is 0 Å². The number of anilines is 2. The van der Waals surface area contributed by atoms with Crippen LogP contribution in [0.15, 0.2) is 54.7 Å². The normalized spacial score (nSPS) is 10.4. The van der Waals surface area contributed by atoms with E-state index in [2.05, 4.69) is 15.7 Å². The standard InChI is InChI=1S/C18H16Cl2N4OS/c1-25-14-8-6-13(7-9-14)21-18(26)22-17-16(20)11-24(23-17)10-12-4-2-3-5-15(12)19/h2-9,11H,10H2,1H3,(H2,21,22,23,26). The predicted octanol–water partition coefficient (Wildman–Crippen LogP) is 5.06. The third kappa shape index (κ3) is 4.66. The molecule has 5 nitrogen and oxygen atoms in total. The fourth-order valence-electron chi connectivity index (χ4n) is 2.31. The number of ether oxygens (including phenoxy) is 1. The molecule has 0 aliphatic rings. The molecule has 1 aromatic heterocycles. The molecule has 0 aliphatic heterocycles. The number of benzene rings is 2. The summed E-state index contributed by atoms with van der Waals surface area (Å²) in [6.07, 6.45) is 1.73. The van der Waals surface area contributed by atoms with Gasteiger partial charge in [0.2, 0.25) is 0 Å². The summed E-state index contributed by atoms with van der Waals surface area (Å²) in [5.41, 5.74) is 1.79. The Hall–Kier alpha value is -2.28. The summed E-state index contributed by atoms with van der Waals surface area (Å²) in [7, 11) is 1.62.